The average Bonchev–Trinajstić information content (AvgIpc) is 2.54. The monoisotopic (exact) mass is 383 g/mol. The third kappa shape index (κ3) is 4.78. The molecular weight excluding hydrogens is 364 g/mol. The van der Waals surface area contributed by atoms with Crippen LogP contribution in [-0.2, 0) is 19.6 Å². The predicted octanol–water partition coefficient (Wildman–Crippen LogP) is 3.34. The first kappa shape index (κ1) is 19.8. The molecule has 8 heteroatoms. The Morgan fingerprint density at radius 1 is 1.19 bits per heavy atom. The topological polar surface area (TPSA) is 63.7 Å². The standard InChI is InChI=1S/C18H19F2NO4S/c1-12-6-4-5-7-17(12)21(26(3,23)24)11-18(22)25-13(2)15-10-14(19)8-9-16(15)20/h4-10,13H,11H2,1-3H3. The van der Waals surface area contributed by atoms with Crippen LogP contribution >= 0.6 is 0 Å². The van der Waals surface area contributed by atoms with E-state index in [0.29, 0.717) is 11.3 Å². The zero-order valence-electron chi connectivity index (χ0n) is 14.6. The smallest absolute Gasteiger partial charge is 0.327 e. The number of anilines is 1. The van der Waals surface area contributed by atoms with Crippen LogP contribution in [0.1, 0.15) is 24.2 Å². The lowest BCUT2D eigenvalue weighted by atomic mass is 10.1. The Balaban J connectivity index is 2.20. The Hall–Kier alpha value is -2.48. The summed E-state index contributed by atoms with van der Waals surface area (Å²) in [6, 6.07) is 9.50. The van der Waals surface area contributed by atoms with E-state index in [1.165, 1.54) is 6.92 Å². The van der Waals surface area contributed by atoms with Crippen LogP contribution in [0.5, 0.6) is 0 Å². The van der Waals surface area contributed by atoms with Gasteiger partial charge in [-0.25, -0.2) is 17.2 Å². The van der Waals surface area contributed by atoms with Crippen molar-refractivity contribution in [2.45, 2.75) is 20.0 Å². The summed E-state index contributed by atoms with van der Waals surface area (Å²) in [5.74, 6) is -2.26. The SMILES string of the molecule is Cc1ccccc1N(CC(=O)OC(C)c1cc(F)ccc1F)S(C)(=O)=O. The molecule has 0 radical (unpaired) electrons. The molecule has 0 bridgehead atoms. The van der Waals surface area contributed by atoms with Crippen molar-refractivity contribution in [3.8, 4) is 0 Å². The Morgan fingerprint density at radius 2 is 1.85 bits per heavy atom. The highest BCUT2D eigenvalue weighted by Crippen LogP contribution is 2.24. The molecule has 2 aromatic rings. The number of sulfonamides is 1. The van der Waals surface area contributed by atoms with Crippen LogP contribution in [0.15, 0.2) is 42.5 Å². The first-order valence-electron chi connectivity index (χ1n) is 7.77. The quantitative estimate of drug-likeness (QED) is 0.718. The lowest BCUT2D eigenvalue weighted by Gasteiger charge is -2.24. The molecule has 2 aromatic carbocycles. The number of rotatable bonds is 6. The summed E-state index contributed by atoms with van der Waals surface area (Å²) in [4.78, 5) is 12.2. The maximum Gasteiger partial charge on any atom is 0.327 e. The van der Waals surface area contributed by atoms with E-state index < -0.39 is 40.3 Å². The van der Waals surface area contributed by atoms with E-state index in [4.69, 9.17) is 4.74 Å². The number of carbonyl (C=O) groups is 1. The van der Waals surface area contributed by atoms with E-state index in [-0.39, 0.29) is 5.56 Å². The lowest BCUT2D eigenvalue weighted by molar-refractivity contribution is -0.146. The van der Waals surface area contributed by atoms with Crippen LogP contribution in [0.4, 0.5) is 14.5 Å². The highest BCUT2D eigenvalue weighted by Gasteiger charge is 2.25. The third-order valence-corrected chi connectivity index (χ3v) is 4.89. The molecule has 0 aromatic heterocycles. The molecule has 0 N–H and O–H groups in total. The van der Waals surface area contributed by atoms with Gasteiger partial charge in [-0.1, -0.05) is 18.2 Å². The lowest BCUT2D eigenvalue weighted by Crippen LogP contribution is -2.36. The molecule has 0 spiro atoms. The molecule has 0 saturated carbocycles. The van der Waals surface area contributed by atoms with Crippen molar-refractivity contribution >= 4 is 21.7 Å². The first-order chi connectivity index (χ1) is 12.1. The van der Waals surface area contributed by atoms with E-state index in [0.717, 1.165) is 28.8 Å². The van der Waals surface area contributed by atoms with Crippen molar-refractivity contribution in [1.29, 1.82) is 0 Å². The first-order valence-corrected chi connectivity index (χ1v) is 9.62. The number of para-hydroxylation sites is 1. The van der Waals surface area contributed by atoms with Gasteiger partial charge in [0.25, 0.3) is 0 Å². The number of aryl methyl sites for hydroxylation is 1. The summed E-state index contributed by atoms with van der Waals surface area (Å²) in [7, 11) is -3.75. The molecule has 26 heavy (non-hydrogen) atoms. The Labute approximate surface area is 151 Å². The molecule has 0 saturated heterocycles. The van der Waals surface area contributed by atoms with Gasteiger partial charge < -0.3 is 4.74 Å². The van der Waals surface area contributed by atoms with Crippen LogP contribution in [0.2, 0.25) is 0 Å². The molecule has 140 valence electrons. The Bertz CT molecular complexity index is 915. The summed E-state index contributed by atoms with van der Waals surface area (Å²) < 4.78 is 57.2. The van der Waals surface area contributed by atoms with Gasteiger partial charge in [0.15, 0.2) is 0 Å². The minimum atomic E-state index is -3.75. The maximum absolute atomic E-state index is 13.8. The van der Waals surface area contributed by atoms with Crippen LogP contribution in [0, 0.1) is 18.6 Å². The fraction of sp³-hybridized carbons (Fsp3) is 0.278. The van der Waals surface area contributed by atoms with E-state index in [1.54, 1.807) is 31.2 Å². The number of benzene rings is 2. The van der Waals surface area contributed by atoms with Gasteiger partial charge in [-0.2, -0.15) is 0 Å². The van der Waals surface area contributed by atoms with Crippen molar-refractivity contribution in [3.63, 3.8) is 0 Å². The molecule has 0 aliphatic carbocycles. The Morgan fingerprint density at radius 3 is 2.46 bits per heavy atom. The number of ether oxygens (including phenoxy) is 1. The molecule has 0 amide bonds. The van der Waals surface area contributed by atoms with Crippen molar-refractivity contribution in [3.05, 3.63) is 65.2 Å². The highest BCUT2D eigenvalue weighted by atomic mass is 32.2. The second kappa shape index (κ2) is 7.82. The van der Waals surface area contributed by atoms with Gasteiger partial charge in [0.05, 0.1) is 11.9 Å². The highest BCUT2D eigenvalue weighted by molar-refractivity contribution is 7.92. The van der Waals surface area contributed by atoms with Crippen molar-refractivity contribution in [2.24, 2.45) is 0 Å². The van der Waals surface area contributed by atoms with E-state index in [1.807, 2.05) is 0 Å². The fourth-order valence-electron chi connectivity index (χ4n) is 2.47. The normalized spacial score (nSPS) is 12.5. The van der Waals surface area contributed by atoms with Crippen LogP contribution < -0.4 is 4.31 Å². The van der Waals surface area contributed by atoms with Crippen LogP contribution in [0.3, 0.4) is 0 Å². The van der Waals surface area contributed by atoms with Crippen molar-refractivity contribution in [1.82, 2.24) is 0 Å². The molecule has 1 atom stereocenters. The number of carbonyl (C=O) groups excluding carboxylic acids is 1. The van der Waals surface area contributed by atoms with Gasteiger partial charge in [-0.05, 0) is 43.7 Å². The molecule has 2 rings (SSSR count). The van der Waals surface area contributed by atoms with Crippen molar-refractivity contribution in [2.75, 3.05) is 17.1 Å². The fourth-order valence-corrected chi connectivity index (χ4v) is 3.37. The van der Waals surface area contributed by atoms with Crippen LogP contribution in [0.25, 0.3) is 0 Å². The minimum Gasteiger partial charge on any atom is -0.456 e. The minimum absolute atomic E-state index is 0.125. The molecule has 0 fully saturated rings. The number of nitrogens with zero attached hydrogens (tertiary/aromatic N) is 1. The van der Waals surface area contributed by atoms with Gasteiger partial charge in [0.1, 0.15) is 24.3 Å². The van der Waals surface area contributed by atoms with Gasteiger partial charge in [0.2, 0.25) is 10.0 Å². The molecule has 0 heterocycles. The third-order valence-electron chi connectivity index (χ3n) is 3.76. The molecular formula is C18H19F2NO4S. The maximum atomic E-state index is 13.8. The zero-order valence-corrected chi connectivity index (χ0v) is 15.4. The summed E-state index contributed by atoms with van der Waals surface area (Å²) in [5.41, 5.74) is 0.881. The van der Waals surface area contributed by atoms with Gasteiger partial charge in [0, 0.05) is 5.56 Å². The van der Waals surface area contributed by atoms with Crippen LogP contribution in [-0.4, -0.2) is 27.2 Å². The van der Waals surface area contributed by atoms with E-state index in [9.17, 15) is 22.0 Å². The summed E-state index contributed by atoms with van der Waals surface area (Å²) in [5, 5.41) is 0. The predicted molar refractivity (Wildman–Crippen MR) is 94.2 cm³/mol. The molecule has 5 nitrogen and oxygen atoms in total. The summed E-state index contributed by atoms with van der Waals surface area (Å²) in [6.07, 6.45) is -0.0981. The zero-order chi connectivity index (χ0) is 19.5. The summed E-state index contributed by atoms with van der Waals surface area (Å²) >= 11 is 0. The molecule has 0 aliphatic heterocycles. The van der Waals surface area contributed by atoms with Gasteiger partial charge in [-0.3, -0.25) is 9.10 Å². The Kier molecular flexibility index (Phi) is 5.97. The van der Waals surface area contributed by atoms with Gasteiger partial charge in [-0.15, -0.1) is 0 Å². The van der Waals surface area contributed by atoms with E-state index in [2.05, 4.69) is 0 Å². The van der Waals surface area contributed by atoms with E-state index >= 15 is 0 Å². The molecule has 0 aliphatic rings. The second-order valence-corrected chi connectivity index (χ2v) is 7.76. The number of halogens is 2. The number of esters is 1. The van der Waals surface area contributed by atoms with Gasteiger partial charge >= 0.3 is 5.97 Å². The number of hydrogen-bond acceptors (Lipinski definition) is 4. The van der Waals surface area contributed by atoms with Crippen molar-refractivity contribution < 1.29 is 26.7 Å². The second-order valence-electron chi connectivity index (χ2n) is 5.85. The molecule has 1 unspecified atom stereocenters. The number of hydrogen-bond donors (Lipinski definition) is 0. The summed E-state index contributed by atoms with van der Waals surface area (Å²) in [6.45, 7) is 2.52. The largest absolute Gasteiger partial charge is 0.456 e. The average molecular weight is 383 g/mol.